The largest absolute Gasteiger partial charge is 0.390 e. The molecule has 0 aromatic carbocycles. The SMILES string of the molecule is CCC(C)(O)Cc1ncnn1C. The van der Waals surface area contributed by atoms with Gasteiger partial charge in [0.05, 0.1) is 5.60 Å². The summed E-state index contributed by atoms with van der Waals surface area (Å²) >= 11 is 0. The van der Waals surface area contributed by atoms with Gasteiger partial charge in [-0.15, -0.1) is 0 Å². The highest BCUT2D eigenvalue weighted by Crippen LogP contribution is 2.13. The van der Waals surface area contributed by atoms with E-state index in [1.807, 2.05) is 20.9 Å². The molecule has 0 aliphatic rings. The molecule has 12 heavy (non-hydrogen) atoms. The molecule has 4 nitrogen and oxygen atoms in total. The van der Waals surface area contributed by atoms with Crippen molar-refractivity contribution in [3.05, 3.63) is 12.2 Å². The number of aryl methyl sites for hydroxylation is 1. The van der Waals surface area contributed by atoms with Crippen LogP contribution in [0.15, 0.2) is 6.33 Å². The molecule has 4 heteroatoms. The summed E-state index contributed by atoms with van der Waals surface area (Å²) in [6, 6.07) is 0. The second-order valence-corrected chi connectivity index (χ2v) is 3.33. The van der Waals surface area contributed by atoms with Gasteiger partial charge in [-0.05, 0) is 13.3 Å². The molecule has 0 spiro atoms. The van der Waals surface area contributed by atoms with Crippen LogP contribution in [0.1, 0.15) is 26.1 Å². The van der Waals surface area contributed by atoms with Crippen molar-refractivity contribution in [1.29, 1.82) is 0 Å². The van der Waals surface area contributed by atoms with E-state index in [2.05, 4.69) is 10.1 Å². The molecule has 1 N–H and O–H groups in total. The van der Waals surface area contributed by atoms with Crippen molar-refractivity contribution in [2.45, 2.75) is 32.3 Å². The molecule has 0 saturated heterocycles. The molecular weight excluding hydrogens is 154 g/mol. The molecule has 0 bridgehead atoms. The summed E-state index contributed by atoms with van der Waals surface area (Å²) in [5.41, 5.74) is -0.666. The monoisotopic (exact) mass is 169 g/mol. The molecule has 0 saturated carbocycles. The van der Waals surface area contributed by atoms with E-state index in [1.54, 1.807) is 4.68 Å². The standard InChI is InChI=1S/C8H15N3O/c1-4-8(2,12)5-7-9-6-10-11(7)3/h6,12H,4-5H2,1-3H3. The average Bonchev–Trinajstić information content (AvgIpc) is 2.36. The zero-order chi connectivity index (χ0) is 9.19. The minimum Gasteiger partial charge on any atom is -0.390 e. The molecule has 0 aliphatic heterocycles. The van der Waals surface area contributed by atoms with Crippen LogP contribution in [0.3, 0.4) is 0 Å². The molecule has 1 aromatic heterocycles. The maximum Gasteiger partial charge on any atom is 0.138 e. The first-order chi connectivity index (χ1) is 5.55. The minimum atomic E-state index is -0.666. The van der Waals surface area contributed by atoms with Gasteiger partial charge in [0.25, 0.3) is 0 Å². The molecular formula is C8H15N3O. The zero-order valence-electron chi connectivity index (χ0n) is 7.78. The van der Waals surface area contributed by atoms with Gasteiger partial charge >= 0.3 is 0 Å². The summed E-state index contributed by atoms with van der Waals surface area (Å²) in [4.78, 5) is 4.04. The Morgan fingerprint density at radius 3 is 2.75 bits per heavy atom. The summed E-state index contributed by atoms with van der Waals surface area (Å²) in [5, 5.41) is 13.7. The number of nitrogens with zero attached hydrogens (tertiary/aromatic N) is 3. The van der Waals surface area contributed by atoms with Gasteiger partial charge in [0, 0.05) is 13.5 Å². The molecule has 0 radical (unpaired) electrons. The first-order valence-corrected chi connectivity index (χ1v) is 4.10. The minimum absolute atomic E-state index is 0.556. The Bertz CT molecular complexity index is 255. The molecule has 0 fully saturated rings. The Hall–Kier alpha value is -0.900. The van der Waals surface area contributed by atoms with E-state index in [9.17, 15) is 5.11 Å². The number of hydrogen-bond donors (Lipinski definition) is 1. The van der Waals surface area contributed by atoms with Crippen LogP contribution >= 0.6 is 0 Å². The smallest absolute Gasteiger partial charge is 0.138 e. The van der Waals surface area contributed by atoms with Gasteiger partial charge in [-0.1, -0.05) is 6.92 Å². The molecule has 68 valence electrons. The number of hydrogen-bond acceptors (Lipinski definition) is 3. The van der Waals surface area contributed by atoms with Crippen LogP contribution in [0.2, 0.25) is 0 Å². The van der Waals surface area contributed by atoms with E-state index in [1.165, 1.54) is 6.33 Å². The summed E-state index contributed by atoms with van der Waals surface area (Å²) in [5.74, 6) is 0.821. The van der Waals surface area contributed by atoms with Gasteiger partial charge in [-0.25, -0.2) is 4.98 Å². The summed E-state index contributed by atoms with van der Waals surface area (Å²) in [6.07, 6.45) is 2.78. The van der Waals surface area contributed by atoms with Crippen LogP contribution in [-0.4, -0.2) is 25.5 Å². The van der Waals surface area contributed by atoms with Gasteiger partial charge < -0.3 is 5.11 Å². The van der Waals surface area contributed by atoms with Crippen molar-refractivity contribution in [3.63, 3.8) is 0 Å². The maximum atomic E-state index is 9.74. The third-order valence-electron chi connectivity index (χ3n) is 2.11. The Morgan fingerprint density at radius 1 is 1.67 bits per heavy atom. The molecule has 1 unspecified atom stereocenters. The van der Waals surface area contributed by atoms with Crippen LogP contribution in [-0.2, 0) is 13.5 Å². The third kappa shape index (κ3) is 2.04. The van der Waals surface area contributed by atoms with Crippen LogP contribution in [0, 0.1) is 0 Å². The predicted molar refractivity (Wildman–Crippen MR) is 45.6 cm³/mol. The number of aromatic nitrogens is 3. The van der Waals surface area contributed by atoms with Crippen molar-refractivity contribution >= 4 is 0 Å². The van der Waals surface area contributed by atoms with E-state index in [0.717, 1.165) is 12.2 Å². The quantitative estimate of drug-likeness (QED) is 0.717. The summed E-state index contributed by atoms with van der Waals surface area (Å²) in [7, 11) is 1.83. The third-order valence-corrected chi connectivity index (χ3v) is 2.11. The molecule has 0 amide bonds. The average molecular weight is 169 g/mol. The van der Waals surface area contributed by atoms with E-state index >= 15 is 0 Å². The first-order valence-electron chi connectivity index (χ1n) is 4.10. The van der Waals surface area contributed by atoms with Crippen LogP contribution in [0.25, 0.3) is 0 Å². The van der Waals surface area contributed by atoms with E-state index in [4.69, 9.17) is 0 Å². The van der Waals surface area contributed by atoms with Gasteiger partial charge in [0.1, 0.15) is 12.2 Å². The lowest BCUT2D eigenvalue weighted by Crippen LogP contribution is -2.27. The lowest BCUT2D eigenvalue weighted by atomic mass is 9.99. The van der Waals surface area contributed by atoms with Crippen LogP contribution in [0.4, 0.5) is 0 Å². The van der Waals surface area contributed by atoms with Gasteiger partial charge in [0.15, 0.2) is 0 Å². The fourth-order valence-electron chi connectivity index (χ4n) is 0.946. The van der Waals surface area contributed by atoms with E-state index < -0.39 is 5.60 Å². The van der Waals surface area contributed by atoms with Crippen molar-refractivity contribution < 1.29 is 5.11 Å². The number of aliphatic hydroxyl groups is 1. The fourth-order valence-corrected chi connectivity index (χ4v) is 0.946. The maximum absolute atomic E-state index is 9.74. The summed E-state index contributed by atoms with van der Waals surface area (Å²) < 4.78 is 1.68. The van der Waals surface area contributed by atoms with Crippen LogP contribution < -0.4 is 0 Å². The van der Waals surface area contributed by atoms with Gasteiger partial charge in [-0.2, -0.15) is 5.10 Å². The topological polar surface area (TPSA) is 50.9 Å². The Labute approximate surface area is 72.2 Å². The number of rotatable bonds is 3. The first kappa shape index (κ1) is 9.19. The second kappa shape index (κ2) is 3.23. The lowest BCUT2D eigenvalue weighted by Gasteiger charge is -2.19. The normalized spacial score (nSPS) is 16.0. The van der Waals surface area contributed by atoms with E-state index in [-0.39, 0.29) is 0 Å². The molecule has 1 aromatic rings. The van der Waals surface area contributed by atoms with Gasteiger partial charge in [-0.3, -0.25) is 4.68 Å². The van der Waals surface area contributed by atoms with Crippen molar-refractivity contribution in [2.24, 2.45) is 7.05 Å². The Kier molecular flexibility index (Phi) is 2.47. The van der Waals surface area contributed by atoms with Crippen molar-refractivity contribution in [2.75, 3.05) is 0 Å². The molecule has 0 aliphatic carbocycles. The van der Waals surface area contributed by atoms with Crippen molar-refractivity contribution in [1.82, 2.24) is 14.8 Å². The Morgan fingerprint density at radius 2 is 2.33 bits per heavy atom. The highest BCUT2D eigenvalue weighted by molar-refractivity contribution is 4.91. The summed E-state index contributed by atoms with van der Waals surface area (Å²) in [6.45, 7) is 3.76. The second-order valence-electron chi connectivity index (χ2n) is 3.33. The predicted octanol–water partition coefficient (Wildman–Crippen LogP) is 0.519. The van der Waals surface area contributed by atoms with Crippen molar-refractivity contribution in [3.8, 4) is 0 Å². The molecule has 1 heterocycles. The fraction of sp³-hybridized carbons (Fsp3) is 0.750. The molecule has 1 atom stereocenters. The van der Waals surface area contributed by atoms with Gasteiger partial charge in [0.2, 0.25) is 0 Å². The zero-order valence-corrected chi connectivity index (χ0v) is 7.78. The van der Waals surface area contributed by atoms with E-state index in [0.29, 0.717) is 6.42 Å². The Balaban J connectivity index is 2.70. The highest BCUT2D eigenvalue weighted by atomic mass is 16.3. The van der Waals surface area contributed by atoms with Crippen LogP contribution in [0.5, 0.6) is 0 Å². The highest BCUT2D eigenvalue weighted by Gasteiger charge is 2.20. The lowest BCUT2D eigenvalue weighted by molar-refractivity contribution is 0.0535. The molecule has 1 rings (SSSR count).